The van der Waals surface area contributed by atoms with E-state index in [2.05, 4.69) is 27.8 Å². The second-order valence-corrected chi connectivity index (χ2v) is 5.36. The first kappa shape index (κ1) is 15.4. The van der Waals surface area contributed by atoms with Crippen LogP contribution in [0.1, 0.15) is 5.56 Å². The van der Waals surface area contributed by atoms with Gasteiger partial charge in [0.25, 0.3) is 0 Å². The van der Waals surface area contributed by atoms with Gasteiger partial charge in [-0.05, 0) is 18.2 Å². The minimum absolute atomic E-state index is 0.502. The van der Waals surface area contributed by atoms with Crippen LogP contribution in [0.15, 0.2) is 59.6 Å². The molecule has 0 amide bonds. The lowest BCUT2D eigenvalue weighted by molar-refractivity contribution is 0.359. The Labute approximate surface area is 133 Å². The first-order valence-electron chi connectivity index (χ1n) is 6.63. The minimum atomic E-state index is 0.502. The maximum Gasteiger partial charge on any atom is 0.124 e. The predicted octanol–water partition coefficient (Wildman–Crippen LogP) is 4.63. The largest absolute Gasteiger partial charge is 0.497 e. The van der Waals surface area contributed by atoms with Crippen molar-refractivity contribution in [1.29, 1.82) is 0 Å². The second kappa shape index (κ2) is 7.74. The molecule has 0 saturated heterocycles. The van der Waals surface area contributed by atoms with Crippen molar-refractivity contribution >= 4 is 21.6 Å². The molecule has 2 aromatic rings. The van der Waals surface area contributed by atoms with Crippen molar-refractivity contribution in [2.45, 2.75) is 6.54 Å². The van der Waals surface area contributed by atoms with Gasteiger partial charge in [-0.1, -0.05) is 46.8 Å². The highest BCUT2D eigenvalue weighted by Gasteiger charge is 2.04. The lowest BCUT2D eigenvalue weighted by Crippen LogP contribution is -2.03. The molecule has 4 heteroatoms. The summed E-state index contributed by atoms with van der Waals surface area (Å²) in [6, 6.07) is 13.9. The summed E-state index contributed by atoms with van der Waals surface area (Å²) in [4.78, 5) is 0. The third-order valence-electron chi connectivity index (χ3n) is 2.92. The SMILES string of the molecule is C=CCOc1ccccc1CNc1cc(Br)cc(OC)c1. The molecule has 0 heterocycles. The van der Waals surface area contributed by atoms with Crippen LogP contribution in [0.5, 0.6) is 11.5 Å². The van der Waals surface area contributed by atoms with Gasteiger partial charge >= 0.3 is 0 Å². The molecule has 1 N–H and O–H groups in total. The molecule has 0 aromatic heterocycles. The highest BCUT2D eigenvalue weighted by Crippen LogP contribution is 2.26. The molecule has 110 valence electrons. The molecule has 0 unspecified atom stereocenters. The van der Waals surface area contributed by atoms with E-state index in [4.69, 9.17) is 9.47 Å². The summed E-state index contributed by atoms with van der Waals surface area (Å²) >= 11 is 3.47. The van der Waals surface area contributed by atoms with Gasteiger partial charge in [0.1, 0.15) is 18.1 Å². The quantitative estimate of drug-likeness (QED) is 0.740. The minimum Gasteiger partial charge on any atom is -0.497 e. The van der Waals surface area contributed by atoms with Crippen LogP contribution >= 0.6 is 15.9 Å². The van der Waals surface area contributed by atoms with Crippen molar-refractivity contribution in [3.8, 4) is 11.5 Å². The molecule has 0 radical (unpaired) electrons. The molecular formula is C17H18BrNO2. The lowest BCUT2D eigenvalue weighted by Gasteiger charge is -2.12. The Morgan fingerprint density at radius 2 is 2.05 bits per heavy atom. The maximum atomic E-state index is 5.65. The van der Waals surface area contributed by atoms with Gasteiger partial charge in [0.2, 0.25) is 0 Å². The number of nitrogens with one attached hydrogen (secondary N) is 1. The van der Waals surface area contributed by atoms with Gasteiger partial charge in [0.05, 0.1) is 7.11 Å². The predicted molar refractivity (Wildman–Crippen MR) is 90.2 cm³/mol. The van der Waals surface area contributed by atoms with Crippen molar-refractivity contribution in [3.05, 3.63) is 65.2 Å². The van der Waals surface area contributed by atoms with Gasteiger partial charge in [0.15, 0.2) is 0 Å². The van der Waals surface area contributed by atoms with E-state index in [0.29, 0.717) is 13.2 Å². The van der Waals surface area contributed by atoms with E-state index < -0.39 is 0 Å². The molecule has 0 aliphatic carbocycles. The van der Waals surface area contributed by atoms with Gasteiger partial charge in [-0.25, -0.2) is 0 Å². The van der Waals surface area contributed by atoms with Crippen molar-refractivity contribution < 1.29 is 9.47 Å². The number of para-hydroxylation sites is 1. The van der Waals surface area contributed by atoms with Gasteiger partial charge in [-0.15, -0.1) is 0 Å². The first-order valence-corrected chi connectivity index (χ1v) is 7.42. The van der Waals surface area contributed by atoms with E-state index in [1.165, 1.54) is 0 Å². The van der Waals surface area contributed by atoms with Crippen LogP contribution in [0.4, 0.5) is 5.69 Å². The zero-order valence-electron chi connectivity index (χ0n) is 11.9. The number of ether oxygens (including phenoxy) is 2. The number of hydrogen-bond acceptors (Lipinski definition) is 3. The number of methoxy groups -OCH3 is 1. The summed E-state index contributed by atoms with van der Waals surface area (Å²) in [7, 11) is 1.66. The zero-order valence-corrected chi connectivity index (χ0v) is 13.5. The Kier molecular flexibility index (Phi) is 5.69. The van der Waals surface area contributed by atoms with E-state index >= 15 is 0 Å². The van der Waals surface area contributed by atoms with Crippen molar-refractivity contribution in [3.63, 3.8) is 0 Å². The summed E-state index contributed by atoms with van der Waals surface area (Å²) in [6.45, 7) is 4.84. The summed E-state index contributed by atoms with van der Waals surface area (Å²) in [5, 5.41) is 3.38. The fraction of sp³-hybridized carbons (Fsp3) is 0.176. The smallest absolute Gasteiger partial charge is 0.124 e. The molecule has 0 fully saturated rings. The fourth-order valence-corrected chi connectivity index (χ4v) is 2.39. The molecule has 0 saturated carbocycles. The van der Waals surface area contributed by atoms with Crippen LogP contribution in [0.2, 0.25) is 0 Å². The van der Waals surface area contributed by atoms with E-state index in [0.717, 1.165) is 27.2 Å². The van der Waals surface area contributed by atoms with Crippen LogP contribution in [-0.4, -0.2) is 13.7 Å². The number of anilines is 1. The average molecular weight is 348 g/mol. The monoisotopic (exact) mass is 347 g/mol. The lowest BCUT2D eigenvalue weighted by atomic mass is 10.2. The molecule has 0 atom stereocenters. The van der Waals surface area contributed by atoms with Crippen LogP contribution in [0.25, 0.3) is 0 Å². The van der Waals surface area contributed by atoms with Gasteiger partial charge in [-0.3, -0.25) is 0 Å². The van der Waals surface area contributed by atoms with E-state index in [9.17, 15) is 0 Å². The van der Waals surface area contributed by atoms with Crippen LogP contribution in [0, 0.1) is 0 Å². The van der Waals surface area contributed by atoms with Crippen LogP contribution in [0.3, 0.4) is 0 Å². The standard InChI is InChI=1S/C17H18BrNO2/c1-3-8-21-17-7-5-4-6-13(17)12-19-15-9-14(18)10-16(11-15)20-2/h3-7,9-11,19H,1,8,12H2,2H3. The molecule has 0 aliphatic heterocycles. The molecular weight excluding hydrogens is 330 g/mol. The molecule has 2 rings (SSSR count). The average Bonchev–Trinajstić information content (AvgIpc) is 2.51. The summed E-state index contributed by atoms with van der Waals surface area (Å²) < 4.78 is 11.9. The Morgan fingerprint density at radius 3 is 2.81 bits per heavy atom. The van der Waals surface area contributed by atoms with Crippen LogP contribution in [-0.2, 0) is 6.54 Å². The Balaban J connectivity index is 2.09. The number of benzene rings is 2. The van der Waals surface area contributed by atoms with Crippen molar-refractivity contribution in [2.24, 2.45) is 0 Å². The third-order valence-corrected chi connectivity index (χ3v) is 3.38. The normalized spacial score (nSPS) is 10.0. The summed E-state index contributed by atoms with van der Waals surface area (Å²) in [5.41, 5.74) is 2.08. The zero-order chi connectivity index (χ0) is 15.1. The Bertz CT molecular complexity index is 613. The molecule has 3 nitrogen and oxygen atoms in total. The van der Waals surface area contributed by atoms with Gasteiger partial charge in [0, 0.05) is 28.3 Å². The summed E-state index contributed by atoms with van der Waals surface area (Å²) in [5.74, 6) is 1.68. The van der Waals surface area contributed by atoms with E-state index in [1.807, 2.05) is 42.5 Å². The second-order valence-electron chi connectivity index (χ2n) is 4.44. The van der Waals surface area contributed by atoms with Gasteiger partial charge < -0.3 is 14.8 Å². The highest BCUT2D eigenvalue weighted by atomic mass is 79.9. The number of rotatable bonds is 7. The molecule has 0 bridgehead atoms. The van der Waals surface area contributed by atoms with Crippen molar-refractivity contribution in [1.82, 2.24) is 0 Å². The fourth-order valence-electron chi connectivity index (χ4n) is 1.92. The van der Waals surface area contributed by atoms with E-state index in [-0.39, 0.29) is 0 Å². The van der Waals surface area contributed by atoms with Gasteiger partial charge in [-0.2, -0.15) is 0 Å². The molecule has 0 aliphatic rings. The third kappa shape index (κ3) is 4.53. The van der Waals surface area contributed by atoms with E-state index in [1.54, 1.807) is 13.2 Å². The Hall–Kier alpha value is -1.94. The number of hydrogen-bond donors (Lipinski definition) is 1. The van der Waals surface area contributed by atoms with Crippen molar-refractivity contribution in [2.75, 3.05) is 19.0 Å². The maximum absolute atomic E-state index is 5.65. The molecule has 2 aromatic carbocycles. The highest BCUT2D eigenvalue weighted by molar-refractivity contribution is 9.10. The Morgan fingerprint density at radius 1 is 1.24 bits per heavy atom. The number of halogens is 1. The first-order chi connectivity index (χ1) is 10.2. The summed E-state index contributed by atoms with van der Waals surface area (Å²) in [6.07, 6.45) is 1.74. The van der Waals surface area contributed by atoms with Crippen LogP contribution < -0.4 is 14.8 Å². The molecule has 21 heavy (non-hydrogen) atoms. The molecule has 0 spiro atoms. The topological polar surface area (TPSA) is 30.5 Å².